The molecule has 4 atom stereocenters. The van der Waals surface area contributed by atoms with Crippen LogP contribution in [0.2, 0.25) is 0 Å². The number of nitrogens with one attached hydrogen (secondary N) is 10. The van der Waals surface area contributed by atoms with E-state index in [2.05, 4.69) is 224 Å². The van der Waals surface area contributed by atoms with Crippen LogP contribution in [-0.2, 0) is 38.8 Å². The molecule has 31 nitrogen and oxygen atoms in total. The molecule has 136 heavy (non-hydrogen) atoms. The summed E-state index contributed by atoms with van der Waals surface area (Å²) in [6.07, 6.45) is 35.0. The predicted octanol–water partition coefficient (Wildman–Crippen LogP) is 14.6. The van der Waals surface area contributed by atoms with E-state index < -0.39 is 0 Å². The molecule has 3 amide bonds. The Kier molecular flexibility index (Phi) is 25.8. The Morgan fingerprint density at radius 3 is 1.23 bits per heavy atom. The monoisotopic (exact) mass is 1900 g/mol. The number of likely N-dealkylation sites (N-methyl/N-ethyl adjacent to an activating group) is 1. The molecule has 6 aliphatic heterocycles. The topological polar surface area (TPSA) is 339 Å². The van der Waals surface area contributed by atoms with Crippen LogP contribution in [0.4, 0.5) is 23.3 Å². The van der Waals surface area contributed by atoms with E-state index in [1.807, 2.05) is 61.0 Å². The summed E-state index contributed by atoms with van der Waals surface area (Å²) in [5.74, 6) is 3.72. The third-order valence-electron chi connectivity index (χ3n) is 26.9. The Labute approximate surface area is 804 Å². The van der Waals surface area contributed by atoms with Crippen molar-refractivity contribution in [3.05, 3.63) is 211 Å². The van der Waals surface area contributed by atoms with Gasteiger partial charge in [-0.3, -0.25) is 29.1 Å². The van der Waals surface area contributed by atoms with E-state index in [1.165, 1.54) is 129 Å². The Balaban J connectivity index is 0.000000108. The lowest BCUT2D eigenvalue weighted by molar-refractivity contribution is -0.119. The summed E-state index contributed by atoms with van der Waals surface area (Å²) in [6, 6.07) is 21.2. The number of likely N-dealkylation sites (tertiary alicyclic amines) is 2. The zero-order valence-electron chi connectivity index (χ0n) is 77.5. The van der Waals surface area contributed by atoms with Gasteiger partial charge in [0.05, 0.1) is 89.7 Å². The third kappa shape index (κ3) is 20.9. The number of allylic oxidation sites excluding steroid dienone is 3. The van der Waals surface area contributed by atoms with Gasteiger partial charge in [-0.2, -0.15) is 38.5 Å². The molecule has 0 spiro atoms. The van der Waals surface area contributed by atoms with Crippen LogP contribution in [0.15, 0.2) is 153 Å². The van der Waals surface area contributed by atoms with Crippen LogP contribution >= 0.6 is 45.3 Å². The molecule has 10 N–H and O–H groups in total. The molecule has 6 saturated heterocycles. The lowest BCUT2D eigenvalue weighted by atomic mass is 10.1. The van der Waals surface area contributed by atoms with Gasteiger partial charge in [-0.1, -0.05) is 39.2 Å². The van der Waals surface area contributed by atoms with Crippen LogP contribution in [0, 0.1) is 0 Å². The fourth-order valence-corrected chi connectivity index (χ4v) is 22.6. The first kappa shape index (κ1) is 90.3. The van der Waals surface area contributed by atoms with Gasteiger partial charge in [-0.15, -0.1) is 45.3 Å². The van der Waals surface area contributed by atoms with Crippen molar-refractivity contribution < 1.29 is 19.1 Å². The van der Waals surface area contributed by atoms with E-state index in [9.17, 15) is 19.2 Å². The van der Waals surface area contributed by atoms with E-state index in [1.54, 1.807) is 51.5 Å². The number of thiophene rings is 4. The van der Waals surface area contributed by atoms with Crippen LogP contribution in [0.25, 0.3) is 98.5 Å². The van der Waals surface area contributed by atoms with Crippen molar-refractivity contribution in [1.29, 1.82) is 0 Å². The van der Waals surface area contributed by atoms with Crippen molar-refractivity contribution in [2.45, 2.75) is 210 Å². The van der Waals surface area contributed by atoms with E-state index in [-0.39, 0.29) is 35.6 Å². The standard InChI is InChI=1S/C26H31N7OS.C26H30N6O2S.C25H28N6OS.C24H27N7OS/c1-16-17(10-25(34)28-16)8-18-12-27-33-24(29-20-4-5-20)11-23(30-26(18)33)19-9-22(35-15-19)14-32-7-6-21(13-32)31(2)3;1-15-11-31(12-16(2)34-15)13-22-7-20(14-35-22)23-9-24(29-21-4-5-21)32-26(30-23)19(10-27-32)6-18-8-25(33)28-17(18)3;1-15-16(10-24(32)28-15)8-17-12-27-31-23(29-20-6-7-20)11-22(30-25(17)31)18-9-21(33-14-18)13-26-19-4-2-3-5-19;1-14-19(29-24(32)26-14)9-16-12-25-31-22(27-18-5-6-18)11-20(28-23(16)31)17-10-21(33-13-17)15(2)30-7-3-4-8-30/h8-9,11-12,15,20-21,29H,1,4-7,10,13-14H2,2-3H3,(H,28,34);6-7,9-10,14-16,21,29H,3-5,8,11-13H2,1-2H3,(H,28,33);8-9,11-12,14,19-20,26,29H,1-7,10,13H2,(H,28,32);9-13,15,18,27H,1,3-8H2,2H3,(H2,26,29,32)/b17-8+;18-6+;16-8+;19-9-. The molecule has 4 unspecified atom stereocenters. The number of hydrogen-bond acceptors (Lipinski definition) is 26. The highest BCUT2D eigenvalue weighted by atomic mass is 32.1. The van der Waals surface area contributed by atoms with Crippen LogP contribution in [0.5, 0.6) is 0 Å². The van der Waals surface area contributed by atoms with E-state index in [0.29, 0.717) is 89.3 Å². The maximum Gasteiger partial charge on any atom is 0.323 e. The number of fused-ring (bicyclic) bond motifs is 4. The number of morpholine rings is 1. The number of aromatic amines is 2. The second kappa shape index (κ2) is 38.8. The average Bonchev–Trinajstić information content (AvgIpc) is 1.63. The van der Waals surface area contributed by atoms with Crippen LogP contribution in [0.3, 0.4) is 0 Å². The largest absolute Gasteiger partial charge is 0.373 e. The minimum Gasteiger partial charge on any atom is -0.373 e. The number of amides is 3. The van der Waals surface area contributed by atoms with E-state index >= 15 is 0 Å². The fourth-order valence-electron chi connectivity index (χ4n) is 18.9. The Morgan fingerprint density at radius 2 is 0.846 bits per heavy atom. The third-order valence-corrected chi connectivity index (χ3v) is 30.8. The van der Waals surface area contributed by atoms with Crippen molar-refractivity contribution >= 4 is 140 Å². The highest BCUT2D eigenvalue weighted by Gasteiger charge is 2.33. The van der Waals surface area contributed by atoms with Gasteiger partial charge in [0.15, 0.2) is 22.6 Å². The molecular formula is C101H116N26O5S4. The molecule has 13 aromatic heterocycles. The lowest BCUT2D eigenvalue weighted by Crippen LogP contribution is -2.44. The number of imidazole rings is 1. The van der Waals surface area contributed by atoms with E-state index in [0.717, 1.165) is 176 Å². The number of H-pyrrole nitrogens is 2. The van der Waals surface area contributed by atoms with Gasteiger partial charge in [0.25, 0.3) is 0 Å². The second-order valence-corrected chi connectivity index (χ2v) is 42.3. The molecule has 11 aliphatic rings. The molecule has 19 heterocycles. The first-order valence-corrected chi connectivity index (χ1v) is 51.3. The zero-order valence-corrected chi connectivity index (χ0v) is 80.8. The Bertz CT molecular complexity index is 7060. The highest BCUT2D eigenvalue weighted by Crippen LogP contribution is 2.41. The van der Waals surface area contributed by atoms with Crippen LogP contribution < -0.4 is 58.9 Å². The second-order valence-electron chi connectivity index (χ2n) is 38.4. The van der Waals surface area contributed by atoms with Crippen molar-refractivity contribution in [2.75, 3.05) is 74.6 Å². The number of hydrogen-bond donors (Lipinski definition) is 10. The number of carbonyl (C=O) groups excluding carboxylic acids is 3. The summed E-state index contributed by atoms with van der Waals surface area (Å²) >= 11 is 7.17. The lowest BCUT2D eigenvalue weighted by Gasteiger charge is -2.34. The molecular weight excluding hydrogens is 1790 g/mol. The molecule has 704 valence electrons. The van der Waals surface area contributed by atoms with Crippen molar-refractivity contribution in [3.63, 3.8) is 0 Å². The molecule has 0 radical (unpaired) electrons. The summed E-state index contributed by atoms with van der Waals surface area (Å²) in [4.78, 5) is 87.8. The number of rotatable bonds is 26. The molecule has 35 heteroatoms. The first-order chi connectivity index (χ1) is 66.0. The first-order valence-electron chi connectivity index (χ1n) is 47.8. The molecule has 13 aromatic rings. The number of nitrogens with zero attached hydrogens (tertiary/aromatic N) is 16. The van der Waals surface area contributed by atoms with Crippen LogP contribution in [-0.4, -0.2) is 208 Å². The van der Waals surface area contributed by atoms with Gasteiger partial charge in [-0.05, 0) is 197 Å². The van der Waals surface area contributed by atoms with Gasteiger partial charge in [0.2, 0.25) is 17.7 Å². The normalized spacial score (nSPS) is 21.4. The van der Waals surface area contributed by atoms with Crippen molar-refractivity contribution in [3.8, 4) is 45.0 Å². The summed E-state index contributed by atoms with van der Waals surface area (Å²) < 4.78 is 13.3. The minimum absolute atomic E-state index is 0.0236. The summed E-state index contributed by atoms with van der Waals surface area (Å²) in [5, 5.41) is 54.9. The maximum absolute atomic E-state index is 11.8. The number of carbonyl (C=O) groups is 3. The predicted molar refractivity (Wildman–Crippen MR) is 542 cm³/mol. The van der Waals surface area contributed by atoms with Gasteiger partial charge in [0.1, 0.15) is 23.3 Å². The summed E-state index contributed by atoms with van der Waals surface area (Å²) in [7, 11) is 4.34. The van der Waals surface area contributed by atoms with Gasteiger partial charge >= 0.3 is 5.69 Å². The molecule has 0 bridgehead atoms. The molecule has 11 fully saturated rings. The zero-order chi connectivity index (χ0) is 93.1. The summed E-state index contributed by atoms with van der Waals surface area (Å²) in [6.45, 7) is 31.7. The average molecular weight is 1900 g/mol. The fraction of sp³-hybridized carbons (Fsp3) is 0.406. The number of anilines is 4. The smallest absolute Gasteiger partial charge is 0.323 e. The Hall–Kier alpha value is -12.2. The molecule has 5 aliphatic carbocycles. The Morgan fingerprint density at radius 1 is 0.456 bits per heavy atom. The molecule has 0 aromatic carbocycles. The highest BCUT2D eigenvalue weighted by molar-refractivity contribution is 7.11. The minimum atomic E-state index is -0.273. The summed E-state index contributed by atoms with van der Waals surface area (Å²) in [5.41, 5.74) is 19.1. The molecule has 5 saturated carbocycles. The van der Waals surface area contributed by atoms with E-state index in [4.69, 9.17) is 24.7 Å². The van der Waals surface area contributed by atoms with Gasteiger partial charge in [-0.25, -0.2) is 24.7 Å². The quantitative estimate of drug-likeness (QED) is 0.0241. The van der Waals surface area contributed by atoms with Gasteiger partial charge < -0.3 is 62.1 Å². The van der Waals surface area contributed by atoms with Crippen molar-refractivity contribution in [1.82, 2.24) is 109 Å². The number of ether oxygens (including phenoxy) is 1. The van der Waals surface area contributed by atoms with Gasteiger partial charge in [0, 0.05) is 215 Å². The van der Waals surface area contributed by atoms with Crippen LogP contribution in [0.1, 0.15) is 184 Å². The maximum atomic E-state index is 11.8. The number of aromatic nitrogens is 14. The SMILES string of the molecule is C=C1NC(=O)C/C1=C\c1cnn2c(NC3CC3)cc(-c3csc(CN4CC(C)OC(C)C4)c3)nc12.C=C1NC(=O)C/C1=C\c1cnn2c(NC3CC3)cc(-c3csc(CN4CCC(N(C)C)C4)c3)nc12.C=C1NC(=O)C/C1=C\c1cnn2c(NC3CC3)cc(-c3csc(CNC4CCCC4)c3)nc12.C=c1[nH]c(=O)[nH]/c1=C\c1cnn2c(NC3CC3)cc(-c3csc(C(C)N4CCCC4)c3)nc12. The molecule has 24 rings (SSSR count). The van der Waals surface area contributed by atoms with Crippen molar-refractivity contribution in [2.24, 2.45) is 0 Å².